The molecular weight excluding hydrogens is 454 g/mol. The van der Waals surface area contributed by atoms with Crippen LogP contribution in [0.3, 0.4) is 0 Å². The number of hydrogen-bond donors (Lipinski definition) is 0. The summed E-state index contributed by atoms with van der Waals surface area (Å²) in [5.41, 5.74) is 3.39. The van der Waals surface area contributed by atoms with E-state index in [0.29, 0.717) is 30.7 Å². The van der Waals surface area contributed by atoms with Crippen molar-refractivity contribution in [3.63, 3.8) is 0 Å². The summed E-state index contributed by atoms with van der Waals surface area (Å²) in [6, 6.07) is 11.8. The number of piperidine rings is 1. The largest absolute Gasteiger partial charge is 0.461 e. The third kappa shape index (κ3) is 5.23. The summed E-state index contributed by atoms with van der Waals surface area (Å²) in [7, 11) is -3.47. The minimum atomic E-state index is -3.47. The minimum absolute atomic E-state index is 0.0174. The summed E-state index contributed by atoms with van der Waals surface area (Å²) in [6.07, 6.45) is 3.42. The number of ether oxygens (including phenoxy) is 1. The molecule has 1 aromatic heterocycles. The summed E-state index contributed by atoms with van der Waals surface area (Å²) in [6.45, 7) is 4.94. The highest BCUT2D eigenvalue weighted by Gasteiger charge is 2.25. The average Bonchev–Trinajstić information content (AvgIpc) is 2.84. The number of carbonyl (C=O) groups is 1. The number of carbonyl (C=O) groups excluding carboxylic acids is 1. The van der Waals surface area contributed by atoms with Gasteiger partial charge in [0, 0.05) is 36.5 Å². The van der Waals surface area contributed by atoms with Gasteiger partial charge in [0.1, 0.15) is 12.2 Å². The molecule has 2 heterocycles. The van der Waals surface area contributed by atoms with Gasteiger partial charge in [-0.15, -0.1) is 0 Å². The van der Waals surface area contributed by atoms with Crippen LogP contribution in [0.5, 0.6) is 0 Å². The van der Waals surface area contributed by atoms with Crippen molar-refractivity contribution in [2.75, 3.05) is 13.1 Å². The standard InChI is InChI=1S/C26H29NO6S/c1-18-6-12-23-21(16-25(29)33-26(23)19(18)2)17-32-24(28)13-9-20-7-10-22(11-8-20)34(30,31)27-14-4-3-5-15-27/h6-8,10-12,16H,3-5,9,13-15,17H2,1-2H3. The SMILES string of the molecule is Cc1ccc2c(COC(=O)CCc3ccc(S(=O)(=O)N4CCCCC4)cc3)cc(=O)oc2c1C. The maximum Gasteiger partial charge on any atom is 0.336 e. The van der Waals surface area contributed by atoms with Gasteiger partial charge in [0.05, 0.1) is 4.90 Å². The molecular formula is C26H29NO6S. The topological polar surface area (TPSA) is 93.9 Å². The number of rotatable bonds is 7. The Morgan fingerprint density at radius 1 is 1.03 bits per heavy atom. The number of benzene rings is 2. The highest BCUT2D eigenvalue weighted by Crippen LogP contribution is 2.24. The monoisotopic (exact) mass is 483 g/mol. The summed E-state index contributed by atoms with van der Waals surface area (Å²) in [4.78, 5) is 24.6. The highest BCUT2D eigenvalue weighted by atomic mass is 32.2. The lowest BCUT2D eigenvalue weighted by Gasteiger charge is -2.25. The van der Waals surface area contributed by atoms with E-state index in [0.717, 1.165) is 41.3 Å². The minimum Gasteiger partial charge on any atom is -0.461 e. The van der Waals surface area contributed by atoms with Crippen LogP contribution in [0.15, 0.2) is 56.6 Å². The van der Waals surface area contributed by atoms with Gasteiger partial charge in [-0.2, -0.15) is 4.31 Å². The molecule has 0 radical (unpaired) electrons. The molecule has 3 aromatic rings. The van der Waals surface area contributed by atoms with E-state index in [2.05, 4.69) is 0 Å². The van der Waals surface area contributed by atoms with Crippen molar-refractivity contribution in [1.29, 1.82) is 0 Å². The number of aryl methyl sites for hydroxylation is 3. The van der Waals surface area contributed by atoms with Gasteiger partial charge >= 0.3 is 11.6 Å². The molecule has 180 valence electrons. The molecule has 1 fully saturated rings. The second kappa shape index (κ2) is 10.1. The molecule has 8 heteroatoms. The molecule has 0 bridgehead atoms. The molecule has 0 amide bonds. The van der Waals surface area contributed by atoms with Gasteiger partial charge in [-0.25, -0.2) is 13.2 Å². The molecule has 0 spiro atoms. The van der Waals surface area contributed by atoms with E-state index in [4.69, 9.17) is 9.15 Å². The van der Waals surface area contributed by atoms with E-state index in [1.807, 2.05) is 26.0 Å². The molecule has 0 aliphatic carbocycles. The number of nitrogens with zero attached hydrogens (tertiary/aromatic N) is 1. The van der Waals surface area contributed by atoms with Crippen LogP contribution in [0.4, 0.5) is 0 Å². The quantitative estimate of drug-likeness (QED) is 0.368. The van der Waals surface area contributed by atoms with Gasteiger partial charge in [0.2, 0.25) is 10.0 Å². The normalized spacial score (nSPS) is 14.9. The van der Waals surface area contributed by atoms with Crippen molar-refractivity contribution < 1.29 is 22.4 Å². The third-order valence-corrected chi connectivity index (χ3v) is 8.31. The van der Waals surface area contributed by atoms with Crippen molar-refractivity contribution in [2.45, 2.75) is 57.5 Å². The maximum atomic E-state index is 12.8. The van der Waals surface area contributed by atoms with Crippen LogP contribution >= 0.6 is 0 Å². The zero-order chi connectivity index (χ0) is 24.3. The predicted molar refractivity (Wildman–Crippen MR) is 129 cm³/mol. The maximum absolute atomic E-state index is 12.8. The molecule has 4 rings (SSSR count). The Morgan fingerprint density at radius 3 is 2.44 bits per heavy atom. The molecule has 1 aliphatic heterocycles. The fourth-order valence-corrected chi connectivity index (χ4v) is 5.72. The van der Waals surface area contributed by atoms with Crippen LogP contribution in [-0.4, -0.2) is 31.8 Å². The van der Waals surface area contributed by atoms with Crippen LogP contribution in [-0.2, 0) is 32.6 Å². The van der Waals surface area contributed by atoms with Crippen molar-refractivity contribution in [3.8, 4) is 0 Å². The third-order valence-electron chi connectivity index (χ3n) is 6.40. The van der Waals surface area contributed by atoms with Crippen molar-refractivity contribution in [2.24, 2.45) is 0 Å². The van der Waals surface area contributed by atoms with Crippen LogP contribution in [0.1, 0.15) is 47.9 Å². The zero-order valence-corrected chi connectivity index (χ0v) is 20.3. The second-order valence-corrected chi connectivity index (χ2v) is 10.7. The molecule has 0 atom stereocenters. The first-order valence-corrected chi connectivity index (χ1v) is 13.0. The Kier molecular flexibility index (Phi) is 7.19. The van der Waals surface area contributed by atoms with E-state index >= 15 is 0 Å². The van der Waals surface area contributed by atoms with Crippen molar-refractivity contribution in [3.05, 3.63) is 75.1 Å². The molecule has 2 aromatic carbocycles. The van der Waals surface area contributed by atoms with Gasteiger partial charge in [0.15, 0.2) is 0 Å². The molecule has 1 aliphatic rings. The first-order chi connectivity index (χ1) is 16.3. The van der Waals surface area contributed by atoms with Crippen LogP contribution in [0.2, 0.25) is 0 Å². The molecule has 34 heavy (non-hydrogen) atoms. The Morgan fingerprint density at radius 2 is 1.74 bits per heavy atom. The molecule has 1 saturated heterocycles. The summed E-state index contributed by atoms with van der Waals surface area (Å²) < 4.78 is 37.8. The first kappa shape index (κ1) is 24.2. The fraction of sp³-hybridized carbons (Fsp3) is 0.385. The summed E-state index contributed by atoms with van der Waals surface area (Å²) >= 11 is 0. The zero-order valence-electron chi connectivity index (χ0n) is 19.5. The second-order valence-electron chi connectivity index (χ2n) is 8.74. The lowest BCUT2D eigenvalue weighted by molar-refractivity contribution is -0.144. The fourth-order valence-electron chi connectivity index (χ4n) is 4.20. The number of hydrogen-bond acceptors (Lipinski definition) is 6. The number of sulfonamides is 1. The number of esters is 1. The smallest absolute Gasteiger partial charge is 0.336 e. The van der Waals surface area contributed by atoms with Gasteiger partial charge in [-0.1, -0.05) is 30.7 Å². The summed E-state index contributed by atoms with van der Waals surface area (Å²) in [5.74, 6) is -0.393. The first-order valence-electron chi connectivity index (χ1n) is 11.5. The van der Waals surface area contributed by atoms with E-state index in [1.54, 1.807) is 28.6 Å². The van der Waals surface area contributed by atoms with E-state index in [-0.39, 0.29) is 17.9 Å². The van der Waals surface area contributed by atoms with E-state index < -0.39 is 21.6 Å². The lowest BCUT2D eigenvalue weighted by Crippen LogP contribution is -2.35. The van der Waals surface area contributed by atoms with Gasteiger partial charge < -0.3 is 9.15 Å². The van der Waals surface area contributed by atoms with Crippen LogP contribution in [0.25, 0.3) is 11.0 Å². The Balaban J connectivity index is 1.36. The highest BCUT2D eigenvalue weighted by molar-refractivity contribution is 7.89. The lowest BCUT2D eigenvalue weighted by atomic mass is 10.0. The Labute approximate surface area is 199 Å². The Bertz CT molecular complexity index is 1350. The molecule has 7 nitrogen and oxygen atoms in total. The Hall–Kier alpha value is -2.97. The van der Waals surface area contributed by atoms with Crippen LogP contribution in [0, 0.1) is 13.8 Å². The van der Waals surface area contributed by atoms with E-state index in [9.17, 15) is 18.0 Å². The van der Waals surface area contributed by atoms with Gasteiger partial charge in [-0.05, 0) is 61.9 Å². The molecule has 0 saturated carbocycles. The molecule has 0 unspecified atom stereocenters. The average molecular weight is 484 g/mol. The van der Waals surface area contributed by atoms with Gasteiger partial charge in [0.25, 0.3) is 0 Å². The molecule has 0 N–H and O–H groups in total. The summed E-state index contributed by atoms with van der Waals surface area (Å²) in [5, 5.41) is 0.751. The van der Waals surface area contributed by atoms with Crippen molar-refractivity contribution in [1.82, 2.24) is 4.31 Å². The number of fused-ring (bicyclic) bond motifs is 1. The van der Waals surface area contributed by atoms with Crippen LogP contribution < -0.4 is 5.63 Å². The van der Waals surface area contributed by atoms with Gasteiger partial charge in [-0.3, -0.25) is 4.79 Å². The predicted octanol–water partition coefficient (Wildman–Crippen LogP) is 4.26. The van der Waals surface area contributed by atoms with E-state index in [1.165, 1.54) is 6.07 Å². The van der Waals surface area contributed by atoms with Crippen molar-refractivity contribution >= 4 is 27.0 Å².